The number of thiocarbonyl (C=S) groups is 1. The molecule has 0 unspecified atom stereocenters. The predicted molar refractivity (Wildman–Crippen MR) is 117 cm³/mol. The number of methoxy groups -OCH3 is 3. The van der Waals surface area contributed by atoms with Crippen LogP contribution in [0.5, 0.6) is 23.0 Å². The molecule has 1 heterocycles. The summed E-state index contributed by atoms with van der Waals surface area (Å²) >= 11 is 6.28. The zero-order valence-corrected chi connectivity index (χ0v) is 17.9. The Morgan fingerprint density at radius 3 is 2.23 bits per heavy atom. The number of hydrazine groups is 1. The molecule has 0 spiro atoms. The van der Waals surface area contributed by atoms with Crippen LogP contribution in [0.2, 0.25) is 0 Å². The van der Waals surface area contributed by atoms with Crippen LogP contribution >= 0.6 is 24.0 Å². The van der Waals surface area contributed by atoms with Gasteiger partial charge in [0.1, 0.15) is 5.75 Å². The number of thioether (sulfide) groups is 1. The van der Waals surface area contributed by atoms with E-state index in [1.807, 2.05) is 0 Å². The van der Waals surface area contributed by atoms with Gasteiger partial charge in [0.25, 0.3) is 11.8 Å². The fraction of sp³-hybridized carbons (Fsp3) is 0.150. The van der Waals surface area contributed by atoms with Crippen molar-refractivity contribution in [3.05, 3.63) is 52.4 Å². The minimum absolute atomic E-state index is 0.142. The minimum atomic E-state index is -0.483. The molecule has 0 atom stereocenters. The molecule has 0 aromatic heterocycles. The Hall–Kier alpha value is -3.24. The molecule has 156 valence electrons. The molecule has 0 saturated carbocycles. The van der Waals surface area contributed by atoms with Gasteiger partial charge in [0.15, 0.2) is 15.8 Å². The van der Waals surface area contributed by atoms with Crippen LogP contribution in [0.1, 0.15) is 15.9 Å². The van der Waals surface area contributed by atoms with Gasteiger partial charge < -0.3 is 19.3 Å². The summed E-state index contributed by atoms with van der Waals surface area (Å²) in [5, 5.41) is 11.0. The van der Waals surface area contributed by atoms with E-state index < -0.39 is 11.8 Å². The van der Waals surface area contributed by atoms with Gasteiger partial charge in [0.05, 0.1) is 26.2 Å². The number of ether oxygens (including phenoxy) is 3. The molecule has 1 aliphatic rings. The van der Waals surface area contributed by atoms with E-state index in [2.05, 4.69) is 5.43 Å². The molecule has 2 aromatic carbocycles. The maximum Gasteiger partial charge on any atom is 0.285 e. The first-order chi connectivity index (χ1) is 14.4. The number of rotatable bonds is 6. The van der Waals surface area contributed by atoms with Gasteiger partial charge in [-0.15, -0.1) is 0 Å². The summed E-state index contributed by atoms with van der Waals surface area (Å²) in [5.41, 5.74) is 3.42. The van der Waals surface area contributed by atoms with Crippen LogP contribution in [0.4, 0.5) is 0 Å². The second-order valence-corrected chi connectivity index (χ2v) is 7.64. The highest BCUT2D eigenvalue weighted by molar-refractivity contribution is 8.26. The fourth-order valence-electron chi connectivity index (χ4n) is 2.62. The molecule has 8 nitrogen and oxygen atoms in total. The van der Waals surface area contributed by atoms with Gasteiger partial charge in [-0.05, 0) is 60.3 Å². The van der Waals surface area contributed by atoms with Crippen LogP contribution < -0.4 is 19.6 Å². The number of nitrogens with zero attached hydrogens (tertiary/aromatic N) is 1. The first-order valence-corrected chi connectivity index (χ1v) is 9.78. The second kappa shape index (κ2) is 9.06. The molecule has 0 radical (unpaired) electrons. The van der Waals surface area contributed by atoms with Gasteiger partial charge >= 0.3 is 0 Å². The van der Waals surface area contributed by atoms with Crippen molar-refractivity contribution in [2.75, 3.05) is 21.3 Å². The van der Waals surface area contributed by atoms with Crippen LogP contribution in [-0.2, 0) is 4.79 Å². The van der Waals surface area contributed by atoms with Crippen molar-refractivity contribution in [1.29, 1.82) is 0 Å². The summed E-state index contributed by atoms with van der Waals surface area (Å²) in [6.45, 7) is 0. The zero-order chi connectivity index (χ0) is 21.8. The number of phenols is 1. The van der Waals surface area contributed by atoms with Crippen molar-refractivity contribution in [2.24, 2.45) is 0 Å². The summed E-state index contributed by atoms with van der Waals surface area (Å²) in [7, 11) is 4.35. The number of carbonyl (C=O) groups is 2. The molecular weight excluding hydrogens is 428 g/mol. The van der Waals surface area contributed by atoms with Gasteiger partial charge in [-0.25, -0.2) is 0 Å². The number of benzene rings is 2. The van der Waals surface area contributed by atoms with E-state index in [9.17, 15) is 14.7 Å². The monoisotopic (exact) mass is 446 g/mol. The summed E-state index contributed by atoms with van der Waals surface area (Å²) in [4.78, 5) is 25.5. The quantitative estimate of drug-likeness (QED) is 0.516. The Morgan fingerprint density at radius 1 is 1.10 bits per heavy atom. The van der Waals surface area contributed by atoms with Crippen LogP contribution in [0.15, 0.2) is 41.3 Å². The number of aromatic hydroxyl groups is 1. The lowest BCUT2D eigenvalue weighted by Crippen LogP contribution is -2.44. The lowest BCUT2D eigenvalue weighted by molar-refractivity contribution is -0.123. The van der Waals surface area contributed by atoms with E-state index in [1.54, 1.807) is 42.5 Å². The highest BCUT2D eigenvalue weighted by Gasteiger charge is 2.34. The number of hydrogen-bond acceptors (Lipinski definition) is 8. The second-order valence-electron chi connectivity index (χ2n) is 5.96. The Bertz CT molecular complexity index is 1010. The molecule has 2 aromatic rings. The third-order valence-corrected chi connectivity index (χ3v) is 5.46. The van der Waals surface area contributed by atoms with E-state index >= 15 is 0 Å². The summed E-state index contributed by atoms with van der Waals surface area (Å²) in [5.74, 6) is -0.0925. The number of phenolic OH excluding ortho intramolecular Hbond substituents is 1. The van der Waals surface area contributed by atoms with Gasteiger partial charge in [-0.2, -0.15) is 5.01 Å². The van der Waals surface area contributed by atoms with Crippen molar-refractivity contribution in [2.45, 2.75) is 0 Å². The van der Waals surface area contributed by atoms with Crippen molar-refractivity contribution in [3.8, 4) is 23.0 Å². The van der Waals surface area contributed by atoms with E-state index in [0.29, 0.717) is 21.8 Å². The molecule has 30 heavy (non-hydrogen) atoms. The molecule has 2 amide bonds. The van der Waals surface area contributed by atoms with Crippen LogP contribution in [-0.4, -0.2) is 47.6 Å². The number of carbonyl (C=O) groups excluding carboxylic acids is 2. The molecular formula is C20H18N2O6S2. The Labute approximate surface area is 182 Å². The standard InChI is InChI=1S/C20H18N2O6S2/c1-26-13-6-4-12(5-7-13)18(24)21-22-19(25)16(30-20(22)29)10-11-8-14(27-2)17(23)15(9-11)28-3/h4-10,23H,1-3H3,(H,21,24). The fourth-order valence-corrected chi connectivity index (χ4v) is 3.80. The average molecular weight is 447 g/mol. The molecule has 0 aliphatic carbocycles. The van der Waals surface area contributed by atoms with Crippen molar-refractivity contribution >= 4 is 46.2 Å². The Morgan fingerprint density at radius 2 is 1.70 bits per heavy atom. The Kier molecular flexibility index (Phi) is 6.48. The van der Waals surface area contributed by atoms with E-state index in [-0.39, 0.29) is 21.6 Å². The SMILES string of the molecule is COc1ccc(C(=O)NN2C(=O)C(=Cc3cc(OC)c(O)c(OC)c3)SC2=S)cc1. The lowest BCUT2D eigenvalue weighted by atomic mass is 10.1. The summed E-state index contributed by atoms with van der Waals surface area (Å²) in [6, 6.07) is 9.56. The molecule has 2 N–H and O–H groups in total. The smallest absolute Gasteiger partial charge is 0.285 e. The van der Waals surface area contributed by atoms with Crippen LogP contribution in [0.25, 0.3) is 6.08 Å². The van der Waals surface area contributed by atoms with Crippen molar-refractivity contribution in [1.82, 2.24) is 10.4 Å². The van der Waals surface area contributed by atoms with Crippen LogP contribution in [0, 0.1) is 0 Å². The highest BCUT2D eigenvalue weighted by atomic mass is 32.2. The van der Waals surface area contributed by atoms with E-state index in [0.717, 1.165) is 16.8 Å². The number of amides is 2. The highest BCUT2D eigenvalue weighted by Crippen LogP contribution is 2.39. The first-order valence-electron chi connectivity index (χ1n) is 8.56. The maximum absolute atomic E-state index is 12.8. The predicted octanol–water partition coefficient (Wildman–Crippen LogP) is 2.96. The van der Waals surface area contributed by atoms with Gasteiger partial charge in [0, 0.05) is 5.56 Å². The normalized spacial score (nSPS) is 14.8. The third kappa shape index (κ3) is 4.34. The summed E-state index contributed by atoms with van der Waals surface area (Å²) < 4.78 is 15.5. The van der Waals surface area contributed by atoms with Crippen molar-refractivity contribution in [3.63, 3.8) is 0 Å². The van der Waals surface area contributed by atoms with Crippen LogP contribution in [0.3, 0.4) is 0 Å². The molecule has 1 saturated heterocycles. The topological polar surface area (TPSA) is 97.3 Å². The zero-order valence-electron chi connectivity index (χ0n) is 16.3. The molecule has 1 aliphatic heterocycles. The van der Waals surface area contributed by atoms with Gasteiger partial charge in [0.2, 0.25) is 5.75 Å². The first kappa shape index (κ1) is 21.5. The molecule has 3 rings (SSSR count). The lowest BCUT2D eigenvalue weighted by Gasteiger charge is -2.15. The van der Waals surface area contributed by atoms with E-state index in [1.165, 1.54) is 21.3 Å². The average Bonchev–Trinajstić information content (AvgIpc) is 3.02. The van der Waals surface area contributed by atoms with Crippen molar-refractivity contribution < 1.29 is 28.9 Å². The number of hydrogen-bond donors (Lipinski definition) is 2. The molecule has 0 bridgehead atoms. The number of nitrogens with one attached hydrogen (secondary N) is 1. The Balaban J connectivity index is 1.81. The largest absolute Gasteiger partial charge is 0.502 e. The summed E-state index contributed by atoms with van der Waals surface area (Å²) in [6.07, 6.45) is 1.57. The molecule has 1 fully saturated rings. The maximum atomic E-state index is 12.8. The molecule has 10 heteroatoms. The minimum Gasteiger partial charge on any atom is -0.502 e. The van der Waals surface area contributed by atoms with E-state index in [4.69, 9.17) is 26.4 Å². The van der Waals surface area contributed by atoms with Gasteiger partial charge in [-0.3, -0.25) is 15.0 Å². The third-order valence-electron chi connectivity index (χ3n) is 4.16. The van der Waals surface area contributed by atoms with Gasteiger partial charge in [-0.1, -0.05) is 11.8 Å².